The summed E-state index contributed by atoms with van der Waals surface area (Å²) in [5, 5.41) is 13.8. The van der Waals surface area contributed by atoms with Crippen LogP contribution in [0.25, 0.3) is 0 Å². The molecule has 0 aromatic carbocycles. The van der Waals surface area contributed by atoms with Gasteiger partial charge in [-0.05, 0) is 18.6 Å². The van der Waals surface area contributed by atoms with E-state index < -0.39 is 11.9 Å². The number of carbonyl (C=O) groups is 3. The van der Waals surface area contributed by atoms with Crippen LogP contribution < -0.4 is 10.6 Å². The minimum atomic E-state index is -1.07. The molecule has 0 saturated carbocycles. The second-order valence-electron chi connectivity index (χ2n) is 3.50. The highest BCUT2D eigenvalue weighted by molar-refractivity contribution is 7.15. The lowest BCUT2D eigenvalue weighted by atomic mass is 10.4. The molecule has 1 aromatic rings. The molecule has 3 N–H and O–H groups in total. The summed E-state index contributed by atoms with van der Waals surface area (Å²) in [5.74, 6) is -1.78. The lowest BCUT2D eigenvalue weighted by Gasteiger charge is -2.04. The molecule has 6 nitrogen and oxygen atoms in total. The van der Waals surface area contributed by atoms with Gasteiger partial charge in [-0.15, -0.1) is 11.3 Å². The average molecular weight is 270 g/mol. The summed E-state index contributed by atoms with van der Waals surface area (Å²) in [7, 11) is 0. The van der Waals surface area contributed by atoms with Crippen LogP contribution in [0.4, 0.5) is 0 Å². The van der Waals surface area contributed by atoms with Crippen molar-refractivity contribution < 1.29 is 19.5 Å². The standard InChI is InChI=1S/C11H14N2O4S/c1-2-5-12-9(14)6-13-10(15)7-3-4-8(18-7)11(16)17/h3-4H,2,5-6H2,1H3,(H,12,14)(H,13,15)(H,16,17). The molecule has 0 atom stereocenters. The SMILES string of the molecule is CCCNC(=O)CNC(=O)c1ccc(C(=O)O)s1. The van der Waals surface area contributed by atoms with Crippen LogP contribution in [-0.4, -0.2) is 36.0 Å². The van der Waals surface area contributed by atoms with Crippen LogP contribution in [0, 0.1) is 0 Å². The van der Waals surface area contributed by atoms with Gasteiger partial charge in [-0.1, -0.05) is 6.92 Å². The first kappa shape index (κ1) is 14.2. The molecule has 0 spiro atoms. The summed E-state index contributed by atoms with van der Waals surface area (Å²) in [5.41, 5.74) is 0. The first-order valence-electron chi connectivity index (χ1n) is 5.42. The second kappa shape index (κ2) is 6.75. The Bertz CT molecular complexity index is 456. The maximum atomic E-state index is 11.6. The Hall–Kier alpha value is -1.89. The molecule has 18 heavy (non-hydrogen) atoms. The van der Waals surface area contributed by atoms with Gasteiger partial charge < -0.3 is 15.7 Å². The Morgan fingerprint density at radius 1 is 1.22 bits per heavy atom. The first-order chi connectivity index (χ1) is 8.54. The number of hydrogen-bond acceptors (Lipinski definition) is 4. The third kappa shape index (κ3) is 4.17. The van der Waals surface area contributed by atoms with Gasteiger partial charge in [0.1, 0.15) is 4.88 Å². The van der Waals surface area contributed by atoms with Crippen molar-refractivity contribution in [2.45, 2.75) is 13.3 Å². The molecule has 1 heterocycles. The zero-order chi connectivity index (χ0) is 13.5. The zero-order valence-corrected chi connectivity index (χ0v) is 10.7. The van der Waals surface area contributed by atoms with E-state index >= 15 is 0 Å². The lowest BCUT2D eigenvalue weighted by molar-refractivity contribution is -0.120. The van der Waals surface area contributed by atoms with Gasteiger partial charge in [0.05, 0.1) is 11.4 Å². The van der Waals surface area contributed by atoms with E-state index in [2.05, 4.69) is 10.6 Å². The van der Waals surface area contributed by atoms with E-state index in [4.69, 9.17) is 5.11 Å². The van der Waals surface area contributed by atoms with Gasteiger partial charge in [-0.25, -0.2) is 4.79 Å². The number of nitrogens with one attached hydrogen (secondary N) is 2. The normalized spacial score (nSPS) is 9.83. The van der Waals surface area contributed by atoms with Crippen molar-refractivity contribution in [3.63, 3.8) is 0 Å². The largest absolute Gasteiger partial charge is 0.477 e. The third-order valence-corrected chi connectivity index (χ3v) is 3.09. The predicted molar refractivity (Wildman–Crippen MR) is 66.9 cm³/mol. The van der Waals surface area contributed by atoms with Crippen molar-refractivity contribution in [3.8, 4) is 0 Å². The quantitative estimate of drug-likeness (QED) is 0.709. The molecule has 0 radical (unpaired) electrons. The van der Waals surface area contributed by atoms with E-state index in [-0.39, 0.29) is 22.2 Å². The summed E-state index contributed by atoms with van der Waals surface area (Å²) >= 11 is 0.875. The first-order valence-corrected chi connectivity index (χ1v) is 6.24. The average Bonchev–Trinajstić information content (AvgIpc) is 2.83. The highest BCUT2D eigenvalue weighted by Gasteiger charge is 2.13. The number of carboxylic acids is 1. The van der Waals surface area contributed by atoms with Gasteiger partial charge in [0.15, 0.2) is 0 Å². The van der Waals surface area contributed by atoms with E-state index in [1.54, 1.807) is 0 Å². The molecule has 1 rings (SSSR count). The molecule has 7 heteroatoms. The number of carbonyl (C=O) groups excluding carboxylic acids is 2. The summed E-state index contributed by atoms with van der Waals surface area (Å²) < 4.78 is 0. The number of hydrogen-bond donors (Lipinski definition) is 3. The summed E-state index contributed by atoms with van der Waals surface area (Å²) in [6.45, 7) is 2.38. The minimum Gasteiger partial charge on any atom is -0.477 e. The van der Waals surface area contributed by atoms with E-state index in [1.165, 1.54) is 12.1 Å². The Morgan fingerprint density at radius 2 is 1.89 bits per heavy atom. The summed E-state index contributed by atoms with van der Waals surface area (Å²) in [6, 6.07) is 2.78. The molecular weight excluding hydrogens is 256 g/mol. The number of rotatable bonds is 6. The highest BCUT2D eigenvalue weighted by atomic mass is 32.1. The van der Waals surface area contributed by atoms with Crippen molar-refractivity contribution in [2.75, 3.05) is 13.1 Å². The van der Waals surface area contributed by atoms with Gasteiger partial charge in [0.25, 0.3) is 5.91 Å². The van der Waals surface area contributed by atoms with Gasteiger partial charge in [0.2, 0.25) is 5.91 Å². The van der Waals surface area contributed by atoms with Gasteiger partial charge in [-0.2, -0.15) is 0 Å². The van der Waals surface area contributed by atoms with E-state index in [9.17, 15) is 14.4 Å². The molecule has 0 aliphatic heterocycles. The second-order valence-corrected chi connectivity index (χ2v) is 4.59. The Kier molecular flexibility index (Phi) is 5.31. The molecule has 0 aliphatic rings. The topological polar surface area (TPSA) is 95.5 Å². The fourth-order valence-electron chi connectivity index (χ4n) is 1.15. The lowest BCUT2D eigenvalue weighted by Crippen LogP contribution is -2.36. The third-order valence-electron chi connectivity index (χ3n) is 2.02. The zero-order valence-electron chi connectivity index (χ0n) is 9.86. The summed E-state index contributed by atoms with van der Waals surface area (Å²) in [4.78, 5) is 33.8. The minimum absolute atomic E-state index is 0.0931. The highest BCUT2D eigenvalue weighted by Crippen LogP contribution is 2.15. The van der Waals surface area contributed by atoms with Crippen molar-refractivity contribution in [1.82, 2.24) is 10.6 Å². The van der Waals surface area contributed by atoms with Crippen LogP contribution in [0.15, 0.2) is 12.1 Å². The van der Waals surface area contributed by atoms with Crippen LogP contribution in [-0.2, 0) is 4.79 Å². The molecule has 0 saturated heterocycles. The monoisotopic (exact) mass is 270 g/mol. The van der Waals surface area contributed by atoms with Crippen LogP contribution in [0.2, 0.25) is 0 Å². The maximum absolute atomic E-state index is 11.6. The van der Waals surface area contributed by atoms with Crippen LogP contribution in [0.1, 0.15) is 32.7 Å². The van der Waals surface area contributed by atoms with Crippen molar-refractivity contribution >= 4 is 29.1 Å². The summed E-state index contributed by atoms with van der Waals surface area (Å²) in [6.07, 6.45) is 0.826. The van der Waals surface area contributed by atoms with E-state index in [1.807, 2.05) is 6.92 Å². The Morgan fingerprint density at radius 3 is 2.44 bits per heavy atom. The van der Waals surface area contributed by atoms with Crippen LogP contribution >= 0.6 is 11.3 Å². The molecule has 0 fully saturated rings. The predicted octanol–water partition coefficient (Wildman–Crippen LogP) is 0.702. The smallest absolute Gasteiger partial charge is 0.345 e. The van der Waals surface area contributed by atoms with Crippen molar-refractivity contribution in [1.29, 1.82) is 0 Å². The molecule has 98 valence electrons. The van der Waals surface area contributed by atoms with E-state index in [0.29, 0.717) is 6.54 Å². The number of carboxylic acid groups (broad SMARTS) is 1. The van der Waals surface area contributed by atoms with E-state index in [0.717, 1.165) is 17.8 Å². The molecule has 1 aromatic heterocycles. The van der Waals surface area contributed by atoms with Crippen molar-refractivity contribution in [2.24, 2.45) is 0 Å². The number of amides is 2. The molecule has 2 amide bonds. The molecule has 0 bridgehead atoms. The van der Waals surface area contributed by atoms with Gasteiger partial charge in [0, 0.05) is 6.54 Å². The molecule has 0 unspecified atom stereocenters. The van der Waals surface area contributed by atoms with Gasteiger partial charge >= 0.3 is 5.97 Å². The fraction of sp³-hybridized carbons (Fsp3) is 0.364. The fourth-order valence-corrected chi connectivity index (χ4v) is 1.91. The number of thiophene rings is 1. The van der Waals surface area contributed by atoms with Crippen LogP contribution in [0.3, 0.4) is 0 Å². The van der Waals surface area contributed by atoms with Gasteiger partial charge in [-0.3, -0.25) is 9.59 Å². The number of aromatic carboxylic acids is 1. The Labute approximate surface area is 108 Å². The molecular formula is C11H14N2O4S. The van der Waals surface area contributed by atoms with Crippen LogP contribution in [0.5, 0.6) is 0 Å². The Balaban J connectivity index is 2.45. The molecule has 0 aliphatic carbocycles. The van der Waals surface area contributed by atoms with Crippen molar-refractivity contribution in [3.05, 3.63) is 21.9 Å². The maximum Gasteiger partial charge on any atom is 0.345 e.